The zero-order chi connectivity index (χ0) is 14.9. The van der Waals surface area contributed by atoms with E-state index >= 15 is 0 Å². The molecule has 2 aromatic carbocycles. The maximum Gasteiger partial charge on any atom is 0.150 e. The van der Waals surface area contributed by atoms with E-state index in [9.17, 15) is 13.2 Å². The van der Waals surface area contributed by atoms with Gasteiger partial charge in [0.1, 0.15) is 17.5 Å². The molecule has 6 heteroatoms. The average Bonchev–Trinajstić information content (AvgIpc) is 2.33. The molecule has 20 heavy (non-hydrogen) atoms. The first-order valence-electron chi connectivity index (χ1n) is 5.74. The quantitative estimate of drug-likeness (QED) is 0.676. The Labute approximate surface area is 131 Å². The molecule has 0 heterocycles. The Morgan fingerprint density at radius 2 is 1.70 bits per heavy atom. The highest BCUT2D eigenvalue weighted by molar-refractivity contribution is 9.10. The molecule has 0 fully saturated rings. The fraction of sp³-hybridized carbons (Fsp3) is 0.143. The molecule has 2 aromatic rings. The van der Waals surface area contributed by atoms with Gasteiger partial charge in [0.05, 0.1) is 11.7 Å². The summed E-state index contributed by atoms with van der Waals surface area (Å²) in [6.45, 7) is 1.70. The van der Waals surface area contributed by atoms with E-state index in [4.69, 9.17) is 0 Å². The summed E-state index contributed by atoms with van der Waals surface area (Å²) in [4.78, 5) is 0. The second-order valence-electron chi connectivity index (χ2n) is 4.28. The zero-order valence-electron chi connectivity index (χ0n) is 10.4. The predicted molar refractivity (Wildman–Crippen MR) is 80.2 cm³/mol. The monoisotopic (exact) mass is 407 g/mol. The Morgan fingerprint density at radius 1 is 1.00 bits per heavy atom. The van der Waals surface area contributed by atoms with Crippen LogP contribution >= 0.6 is 31.9 Å². The molecule has 1 nitrogen and oxygen atoms in total. The molecule has 1 unspecified atom stereocenters. The second kappa shape index (κ2) is 6.18. The van der Waals surface area contributed by atoms with Gasteiger partial charge in [-0.3, -0.25) is 0 Å². The minimum atomic E-state index is -0.735. The van der Waals surface area contributed by atoms with Gasteiger partial charge in [0.15, 0.2) is 0 Å². The normalized spacial score (nSPS) is 12.3. The van der Waals surface area contributed by atoms with Crippen molar-refractivity contribution in [2.45, 2.75) is 13.0 Å². The van der Waals surface area contributed by atoms with Gasteiger partial charge in [-0.15, -0.1) is 0 Å². The van der Waals surface area contributed by atoms with Crippen molar-refractivity contribution in [3.8, 4) is 0 Å². The number of benzene rings is 2. The molecule has 106 valence electrons. The van der Waals surface area contributed by atoms with E-state index in [0.717, 1.165) is 12.1 Å². The van der Waals surface area contributed by atoms with Gasteiger partial charge in [-0.25, -0.2) is 13.2 Å². The molecule has 0 saturated carbocycles. The molecule has 0 saturated heterocycles. The first-order valence-corrected chi connectivity index (χ1v) is 7.33. The van der Waals surface area contributed by atoms with Gasteiger partial charge >= 0.3 is 0 Å². The van der Waals surface area contributed by atoms with Crippen LogP contribution in [0.2, 0.25) is 0 Å². The number of rotatable bonds is 3. The van der Waals surface area contributed by atoms with E-state index < -0.39 is 23.5 Å². The van der Waals surface area contributed by atoms with E-state index in [0.29, 0.717) is 10.0 Å². The Bertz CT molecular complexity index is 623. The van der Waals surface area contributed by atoms with Crippen molar-refractivity contribution in [2.24, 2.45) is 0 Å². The molecule has 1 atom stereocenters. The van der Waals surface area contributed by atoms with Crippen LogP contribution in [0.4, 0.5) is 18.9 Å². The van der Waals surface area contributed by atoms with Crippen molar-refractivity contribution in [3.63, 3.8) is 0 Å². The number of hydrogen-bond acceptors (Lipinski definition) is 1. The van der Waals surface area contributed by atoms with Gasteiger partial charge in [-0.2, -0.15) is 0 Å². The van der Waals surface area contributed by atoms with E-state index in [-0.39, 0.29) is 10.2 Å². The third-order valence-electron chi connectivity index (χ3n) is 2.80. The predicted octanol–water partition coefficient (Wildman–Crippen LogP) is 5.80. The minimum Gasteiger partial charge on any atom is -0.375 e. The van der Waals surface area contributed by atoms with Crippen LogP contribution in [-0.4, -0.2) is 0 Å². The molecule has 0 amide bonds. The molecule has 0 bridgehead atoms. The first-order chi connectivity index (χ1) is 9.38. The topological polar surface area (TPSA) is 12.0 Å². The Morgan fingerprint density at radius 3 is 2.30 bits per heavy atom. The Balaban J connectivity index is 2.30. The van der Waals surface area contributed by atoms with Crippen LogP contribution in [0.1, 0.15) is 18.5 Å². The van der Waals surface area contributed by atoms with E-state index in [1.165, 1.54) is 6.07 Å². The van der Waals surface area contributed by atoms with E-state index in [1.807, 2.05) is 0 Å². The summed E-state index contributed by atoms with van der Waals surface area (Å²) in [7, 11) is 0. The molecular formula is C14H10Br2F3N. The largest absolute Gasteiger partial charge is 0.375 e. The van der Waals surface area contributed by atoms with Gasteiger partial charge in [0.2, 0.25) is 0 Å². The van der Waals surface area contributed by atoms with Crippen molar-refractivity contribution in [2.75, 3.05) is 5.32 Å². The summed E-state index contributed by atoms with van der Waals surface area (Å²) in [6, 6.07) is 6.09. The Kier molecular flexibility index (Phi) is 4.75. The third kappa shape index (κ3) is 3.35. The number of halogens is 5. The fourth-order valence-electron chi connectivity index (χ4n) is 1.83. The van der Waals surface area contributed by atoms with Crippen molar-refractivity contribution in [1.29, 1.82) is 0 Å². The fourth-order valence-corrected chi connectivity index (χ4v) is 2.68. The summed E-state index contributed by atoms with van der Waals surface area (Å²) < 4.78 is 41.4. The van der Waals surface area contributed by atoms with Crippen LogP contribution in [0.15, 0.2) is 39.3 Å². The second-order valence-corrected chi connectivity index (χ2v) is 6.05. The van der Waals surface area contributed by atoms with Crippen LogP contribution in [-0.2, 0) is 0 Å². The summed E-state index contributed by atoms with van der Waals surface area (Å²) in [5, 5.41) is 2.84. The molecule has 2 rings (SSSR count). The molecule has 0 aliphatic rings. The molecule has 0 aliphatic carbocycles. The molecule has 0 aliphatic heterocycles. The average molecular weight is 409 g/mol. The lowest BCUT2D eigenvalue weighted by Gasteiger charge is -2.18. The van der Waals surface area contributed by atoms with Gasteiger partial charge in [0, 0.05) is 20.6 Å². The molecule has 1 N–H and O–H groups in total. The summed E-state index contributed by atoms with van der Waals surface area (Å²) in [6.07, 6.45) is 0. The molecule has 0 aromatic heterocycles. The minimum absolute atomic E-state index is 0.0984. The van der Waals surface area contributed by atoms with Gasteiger partial charge in [-0.1, -0.05) is 22.0 Å². The summed E-state index contributed by atoms with van der Waals surface area (Å²) >= 11 is 6.26. The number of nitrogens with one attached hydrogen (secondary N) is 1. The van der Waals surface area contributed by atoms with Gasteiger partial charge in [-0.05, 0) is 41.1 Å². The number of anilines is 1. The lowest BCUT2D eigenvalue weighted by Crippen LogP contribution is -2.10. The van der Waals surface area contributed by atoms with Crippen molar-refractivity contribution in [1.82, 2.24) is 0 Å². The molecular weight excluding hydrogens is 399 g/mol. The maximum absolute atomic E-state index is 13.8. The zero-order valence-corrected chi connectivity index (χ0v) is 13.5. The van der Waals surface area contributed by atoms with Crippen molar-refractivity contribution in [3.05, 3.63) is 62.3 Å². The first kappa shape index (κ1) is 15.4. The van der Waals surface area contributed by atoms with Crippen LogP contribution in [0, 0.1) is 17.5 Å². The highest BCUT2D eigenvalue weighted by Crippen LogP contribution is 2.31. The van der Waals surface area contributed by atoms with Crippen LogP contribution < -0.4 is 5.32 Å². The smallest absolute Gasteiger partial charge is 0.150 e. The van der Waals surface area contributed by atoms with Gasteiger partial charge < -0.3 is 5.32 Å². The van der Waals surface area contributed by atoms with E-state index in [1.54, 1.807) is 19.1 Å². The van der Waals surface area contributed by atoms with Crippen LogP contribution in [0.3, 0.4) is 0 Å². The van der Waals surface area contributed by atoms with Gasteiger partial charge in [0.25, 0.3) is 0 Å². The van der Waals surface area contributed by atoms with Crippen molar-refractivity contribution >= 4 is 37.5 Å². The lowest BCUT2D eigenvalue weighted by molar-refractivity contribution is 0.578. The van der Waals surface area contributed by atoms with E-state index in [2.05, 4.69) is 37.2 Å². The van der Waals surface area contributed by atoms with Crippen LogP contribution in [0.25, 0.3) is 0 Å². The molecule has 0 spiro atoms. The van der Waals surface area contributed by atoms with Crippen molar-refractivity contribution < 1.29 is 13.2 Å². The lowest BCUT2D eigenvalue weighted by atomic mass is 10.1. The Hall–Kier alpha value is -1.01. The number of hydrogen-bond donors (Lipinski definition) is 1. The maximum atomic E-state index is 13.8. The SMILES string of the molecule is CC(Nc1c(F)cc(F)cc1Br)c1ccc(Br)cc1F. The molecule has 0 radical (unpaired) electrons. The van der Waals surface area contributed by atoms with Crippen LogP contribution in [0.5, 0.6) is 0 Å². The highest BCUT2D eigenvalue weighted by atomic mass is 79.9. The highest BCUT2D eigenvalue weighted by Gasteiger charge is 2.16. The standard InChI is InChI=1S/C14H10Br2F3N/c1-7(10-3-2-8(15)4-12(10)18)20-14-11(16)5-9(17)6-13(14)19/h2-7,20H,1H3. The summed E-state index contributed by atoms with van der Waals surface area (Å²) in [5.74, 6) is -1.82. The third-order valence-corrected chi connectivity index (χ3v) is 3.92. The summed E-state index contributed by atoms with van der Waals surface area (Å²) in [5.41, 5.74) is 0.491.